The van der Waals surface area contributed by atoms with Gasteiger partial charge in [0.1, 0.15) is 6.54 Å². The summed E-state index contributed by atoms with van der Waals surface area (Å²) in [4.78, 5) is 13.3. The Balaban J connectivity index is 3.31. The summed E-state index contributed by atoms with van der Waals surface area (Å²) in [5.41, 5.74) is 0.376. The van der Waals surface area contributed by atoms with Crippen LogP contribution in [0.5, 0.6) is 0 Å². The number of carbonyl (C=O) groups excluding carboxylic acids is 1. The van der Waals surface area contributed by atoms with Gasteiger partial charge in [-0.2, -0.15) is 17.5 Å². The molecule has 0 unspecified atom stereocenters. The standard InChI is InChI=1S/C18H27F3N2O3S/c1-5-8-11-22(13-18(19,20)21)17(24)15-10-9-14(4)16(12-15)27(25,26)23(6-2)7-3/h9-10,12H,5-8,11,13H2,1-4H3. The van der Waals surface area contributed by atoms with Gasteiger partial charge in [0.05, 0.1) is 4.90 Å². The normalized spacial score (nSPS) is 12.4. The van der Waals surface area contributed by atoms with E-state index in [1.807, 2.05) is 6.92 Å². The summed E-state index contributed by atoms with van der Waals surface area (Å²) in [6, 6.07) is 4.00. The van der Waals surface area contributed by atoms with Gasteiger partial charge >= 0.3 is 6.18 Å². The summed E-state index contributed by atoms with van der Waals surface area (Å²) in [5, 5.41) is 0. The molecule has 9 heteroatoms. The van der Waals surface area contributed by atoms with Crippen molar-refractivity contribution in [1.29, 1.82) is 0 Å². The Morgan fingerprint density at radius 2 is 1.70 bits per heavy atom. The van der Waals surface area contributed by atoms with Gasteiger partial charge in [0, 0.05) is 25.2 Å². The summed E-state index contributed by atoms with van der Waals surface area (Å²) in [6.07, 6.45) is -3.46. The maximum atomic E-state index is 12.8. The number of alkyl halides is 3. The van der Waals surface area contributed by atoms with Crippen molar-refractivity contribution in [1.82, 2.24) is 9.21 Å². The molecule has 0 saturated carbocycles. The van der Waals surface area contributed by atoms with E-state index < -0.39 is 28.7 Å². The minimum absolute atomic E-state index is 0.0408. The Labute approximate surface area is 159 Å². The average molecular weight is 408 g/mol. The first-order valence-electron chi connectivity index (χ1n) is 8.94. The van der Waals surface area contributed by atoms with Crippen LogP contribution in [0.4, 0.5) is 13.2 Å². The predicted octanol–water partition coefficient (Wildman–Crippen LogP) is 3.83. The number of unbranched alkanes of at least 4 members (excludes halogenated alkanes) is 1. The van der Waals surface area contributed by atoms with Crippen molar-refractivity contribution in [2.45, 2.75) is 51.6 Å². The summed E-state index contributed by atoms with van der Waals surface area (Å²) in [7, 11) is -3.83. The Hall–Kier alpha value is -1.61. The second kappa shape index (κ2) is 9.54. The molecule has 1 amide bonds. The first-order chi connectivity index (χ1) is 12.5. The van der Waals surface area contributed by atoms with E-state index in [9.17, 15) is 26.4 Å². The van der Waals surface area contributed by atoms with E-state index >= 15 is 0 Å². The van der Waals surface area contributed by atoms with E-state index in [1.54, 1.807) is 20.8 Å². The Kier molecular flexibility index (Phi) is 8.28. The van der Waals surface area contributed by atoms with Crippen LogP contribution in [0.2, 0.25) is 0 Å². The third-order valence-corrected chi connectivity index (χ3v) is 6.39. The van der Waals surface area contributed by atoms with E-state index in [-0.39, 0.29) is 30.1 Å². The molecule has 0 aromatic heterocycles. The first-order valence-corrected chi connectivity index (χ1v) is 10.4. The number of carbonyl (C=O) groups is 1. The summed E-state index contributed by atoms with van der Waals surface area (Å²) >= 11 is 0. The molecule has 0 bridgehead atoms. The van der Waals surface area contributed by atoms with Crippen LogP contribution in [0, 0.1) is 6.92 Å². The lowest BCUT2D eigenvalue weighted by Crippen LogP contribution is -2.39. The lowest BCUT2D eigenvalue weighted by molar-refractivity contribution is -0.140. The molecule has 1 rings (SSSR count). The van der Waals surface area contributed by atoms with Crippen LogP contribution >= 0.6 is 0 Å². The smallest absolute Gasteiger partial charge is 0.330 e. The van der Waals surface area contributed by atoms with E-state index in [4.69, 9.17) is 0 Å². The van der Waals surface area contributed by atoms with Gasteiger partial charge in [0.15, 0.2) is 0 Å². The van der Waals surface area contributed by atoms with Crippen LogP contribution in [0.3, 0.4) is 0 Å². The van der Waals surface area contributed by atoms with E-state index in [0.29, 0.717) is 18.4 Å². The summed E-state index contributed by atoms with van der Waals surface area (Å²) < 4.78 is 65.3. The number of rotatable bonds is 9. The molecule has 0 fully saturated rings. The highest BCUT2D eigenvalue weighted by atomic mass is 32.2. The molecule has 0 spiro atoms. The van der Waals surface area contributed by atoms with Gasteiger partial charge in [0.2, 0.25) is 10.0 Å². The number of benzene rings is 1. The molecule has 0 aliphatic heterocycles. The highest BCUT2D eigenvalue weighted by Crippen LogP contribution is 2.24. The van der Waals surface area contributed by atoms with Gasteiger partial charge in [-0.3, -0.25) is 4.79 Å². The third kappa shape index (κ3) is 6.21. The summed E-state index contributed by atoms with van der Waals surface area (Å²) in [5.74, 6) is -0.822. The van der Waals surface area contributed by atoms with Crippen LogP contribution in [0.1, 0.15) is 49.5 Å². The second-order valence-electron chi connectivity index (χ2n) is 6.27. The molecule has 0 N–H and O–H groups in total. The lowest BCUT2D eigenvalue weighted by Gasteiger charge is -2.25. The van der Waals surface area contributed by atoms with Crippen LogP contribution in [0.15, 0.2) is 23.1 Å². The highest BCUT2D eigenvalue weighted by molar-refractivity contribution is 7.89. The zero-order valence-electron chi connectivity index (χ0n) is 16.1. The molecule has 0 radical (unpaired) electrons. The molecule has 1 aromatic rings. The molecule has 5 nitrogen and oxygen atoms in total. The predicted molar refractivity (Wildman–Crippen MR) is 98.2 cm³/mol. The molecule has 154 valence electrons. The number of hydrogen-bond acceptors (Lipinski definition) is 3. The van der Waals surface area contributed by atoms with Gasteiger partial charge in [-0.1, -0.05) is 33.3 Å². The fourth-order valence-electron chi connectivity index (χ4n) is 2.71. The Morgan fingerprint density at radius 1 is 1.11 bits per heavy atom. The molecule has 0 atom stereocenters. The van der Waals surface area contributed by atoms with Crippen molar-refractivity contribution in [3.05, 3.63) is 29.3 Å². The average Bonchev–Trinajstić information content (AvgIpc) is 2.58. The van der Waals surface area contributed by atoms with Gasteiger partial charge < -0.3 is 4.90 Å². The first kappa shape index (κ1) is 23.4. The van der Waals surface area contributed by atoms with Crippen molar-refractivity contribution in [2.24, 2.45) is 0 Å². The maximum Gasteiger partial charge on any atom is 0.406 e. The van der Waals surface area contributed by atoms with Crippen LogP contribution < -0.4 is 0 Å². The van der Waals surface area contributed by atoms with Gasteiger partial charge in [-0.25, -0.2) is 8.42 Å². The fraction of sp³-hybridized carbons (Fsp3) is 0.611. The van der Waals surface area contributed by atoms with Crippen LogP contribution in [-0.2, 0) is 10.0 Å². The number of sulfonamides is 1. The van der Waals surface area contributed by atoms with Crippen molar-refractivity contribution < 1.29 is 26.4 Å². The highest BCUT2D eigenvalue weighted by Gasteiger charge is 2.33. The van der Waals surface area contributed by atoms with E-state index in [2.05, 4.69) is 0 Å². The van der Waals surface area contributed by atoms with Crippen molar-refractivity contribution in [2.75, 3.05) is 26.2 Å². The van der Waals surface area contributed by atoms with E-state index in [1.165, 1.54) is 22.5 Å². The number of aryl methyl sites for hydroxylation is 1. The Bertz CT molecular complexity index is 745. The molecule has 0 aliphatic rings. The number of nitrogens with zero attached hydrogens (tertiary/aromatic N) is 2. The van der Waals surface area contributed by atoms with Crippen LogP contribution in [0.25, 0.3) is 0 Å². The minimum atomic E-state index is -4.52. The fourth-order valence-corrected chi connectivity index (χ4v) is 4.42. The number of amides is 1. The van der Waals surface area contributed by atoms with Gasteiger partial charge in [0.25, 0.3) is 5.91 Å². The molecule has 27 heavy (non-hydrogen) atoms. The van der Waals surface area contributed by atoms with E-state index in [0.717, 1.165) is 4.90 Å². The molecule has 0 saturated heterocycles. The van der Waals surface area contributed by atoms with Crippen molar-refractivity contribution in [3.8, 4) is 0 Å². The molecule has 0 heterocycles. The Morgan fingerprint density at radius 3 is 2.19 bits per heavy atom. The second-order valence-corrected chi connectivity index (χ2v) is 8.17. The van der Waals surface area contributed by atoms with Gasteiger partial charge in [-0.05, 0) is 31.0 Å². The van der Waals surface area contributed by atoms with Crippen molar-refractivity contribution >= 4 is 15.9 Å². The largest absolute Gasteiger partial charge is 0.406 e. The molecular weight excluding hydrogens is 381 g/mol. The number of halogens is 3. The molecule has 0 aliphatic carbocycles. The monoisotopic (exact) mass is 408 g/mol. The van der Waals surface area contributed by atoms with Crippen molar-refractivity contribution in [3.63, 3.8) is 0 Å². The molecule has 1 aromatic carbocycles. The zero-order chi connectivity index (χ0) is 20.8. The topological polar surface area (TPSA) is 57.7 Å². The van der Waals surface area contributed by atoms with Crippen LogP contribution in [-0.4, -0.2) is 55.9 Å². The number of hydrogen-bond donors (Lipinski definition) is 0. The quantitative estimate of drug-likeness (QED) is 0.624. The van der Waals surface area contributed by atoms with Gasteiger partial charge in [-0.15, -0.1) is 0 Å². The SMILES string of the molecule is CCCCN(CC(F)(F)F)C(=O)c1ccc(C)c(S(=O)(=O)N(CC)CC)c1. The lowest BCUT2D eigenvalue weighted by atomic mass is 10.1. The summed E-state index contributed by atoms with van der Waals surface area (Å²) in [6.45, 7) is 5.91. The molecular formula is C18H27F3N2O3S. The third-order valence-electron chi connectivity index (χ3n) is 4.20. The minimum Gasteiger partial charge on any atom is -0.330 e. The maximum absolute atomic E-state index is 12.8. The zero-order valence-corrected chi connectivity index (χ0v) is 17.0.